The molecule has 0 spiro atoms. The Bertz CT molecular complexity index is 239. The van der Waals surface area contributed by atoms with E-state index in [9.17, 15) is 9.90 Å². The van der Waals surface area contributed by atoms with Gasteiger partial charge in [-0.3, -0.25) is 4.79 Å². The number of carbonyl (C=O) groups is 1. The number of rotatable bonds is 2. The Hall–Kier alpha value is -0.280. The molecule has 2 aliphatic carbocycles. The quantitative estimate of drug-likeness (QED) is 0.666. The van der Waals surface area contributed by atoms with E-state index in [1.165, 1.54) is 0 Å². The minimum atomic E-state index is -1.14. The van der Waals surface area contributed by atoms with Gasteiger partial charge in [0, 0.05) is 0 Å². The van der Waals surface area contributed by atoms with Crippen molar-refractivity contribution in [3.63, 3.8) is 0 Å². The first-order valence-corrected chi connectivity index (χ1v) is 5.06. The van der Waals surface area contributed by atoms with Crippen molar-refractivity contribution in [3.05, 3.63) is 0 Å². The summed E-state index contributed by atoms with van der Waals surface area (Å²) in [4.78, 5) is 10.6. The number of hydrogen-bond acceptors (Lipinski definition) is 2. The van der Waals surface area contributed by atoms with Gasteiger partial charge in [-0.25, -0.2) is 0 Å². The van der Waals surface area contributed by atoms with Crippen molar-refractivity contribution in [2.75, 3.05) is 0 Å². The Labute approximate surface area is 81.7 Å². The molecule has 2 saturated carbocycles. The molecule has 0 aliphatic heterocycles. The second kappa shape index (κ2) is 2.85. The first kappa shape index (κ1) is 9.28. The van der Waals surface area contributed by atoms with Gasteiger partial charge in [-0.05, 0) is 31.1 Å². The average Bonchev–Trinajstić information content (AvgIpc) is 2.54. The first-order chi connectivity index (χ1) is 6.04. The number of hydrogen-bond donors (Lipinski definition) is 2. The summed E-state index contributed by atoms with van der Waals surface area (Å²) in [6.45, 7) is 0. The van der Waals surface area contributed by atoms with Crippen LogP contribution in [0.4, 0.5) is 0 Å². The van der Waals surface area contributed by atoms with Crippen LogP contribution < -0.4 is 0 Å². The van der Waals surface area contributed by atoms with Crippen LogP contribution in [0.3, 0.4) is 0 Å². The molecule has 0 amide bonds. The Kier molecular flexibility index (Phi) is 2.04. The van der Waals surface area contributed by atoms with Crippen molar-refractivity contribution >= 4 is 17.6 Å². The summed E-state index contributed by atoms with van der Waals surface area (Å²) in [5, 5.41) is 18.4. The SMILES string of the molecule is O=C(O)C[C@@]1(O)C2CCC(C2)[C@H]1Cl. The summed E-state index contributed by atoms with van der Waals surface area (Å²) in [6, 6.07) is 0. The fraction of sp³-hybridized carbons (Fsp3) is 0.889. The smallest absolute Gasteiger partial charge is 0.306 e. The summed E-state index contributed by atoms with van der Waals surface area (Å²) < 4.78 is 0. The third-order valence-electron chi connectivity index (χ3n) is 3.51. The number of halogens is 1. The highest BCUT2D eigenvalue weighted by atomic mass is 35.5. The zero-order valence-electron chi connectivity index (χ0n) is 7.24. The van der Waals surface area contributed by atoms with Gasteiger partial charge in [0.2, 0.25) is 0 Å². The van der Waals surface area contributed by atoms with Gasteiger partial charge in [-0.15, -0.1) is 11.6 Å². The highest BCUT2D eigenvalue weighted by Crippen LogP contribution is 2.54. The summed E-state index contributed by atoms with van der Waals surface area (Å²) >= 11 is 6.05. The lowest BCUT2D eigenvalue weighted by Gasteiger charge is -2.35. The van der Waals surface area contributed by atoms with E-state index in [1.54, 1.807) is 0 Å². The van der Waals surface area contributed by atoms with Crippen molar-refractivity contribution < 1.29 is 15.0 Å². The third-order valence-corrected chi connectivity index (χ3v) is 4.24. The van der Waals surface area contributed by atoms with Gasteiger partial charge in [0.15, 0.2) is 0 Å². The maximum absolute atomic E-state index is 10.6. The van der Waals surface area contributed by atoms with Gasteiger partial charge in [-0.2, -0.15) is 0 Å². The molecule has 0 aromatic rings. The molecule has 2 rings (SSSR count). The molecule has 3 nitrogen and oxygen atoms in total. The van der Waals surface area contributed by atoms with Crippen molar-refractivity contribution in [2.45, 2.75) is 36.7 Å². The van der Waals surface area contributed by atoms with Crippen molar-refractivity contribution in [2.24, 2.45) is 11.8 Å². The zero-order chi connectivity index (χ0) is 9.64. The lowest BCUT2D eigenvalue weighted by Crippen LogP contribution is -2.46. The standard InChI is InChI=1S/C9H13ClO3/c10-8-5-1-2-6(3-5)9(8,13)4-7(11)12/h5-6,8,13H,1-4H2,(H,11,12)/t5?,6?,8-,9-/m1/s1. The van der Waals surface area contributed by atoms with Gasteiger partial charge in [0.05, 0.1) is 17.4 Å². The lowest BCUT2D eigenvalue weighted by atomic mass is 9.81. The minimum Gasteiger partial charge on any atom is -0.481 e. The molecule has 4 atom stereocenters. The van der Waals surface area contributed by atoms with Gasteiger partial charge in [-0.1, -0.05) is 0 Å². The topological polar surface area (TPSA) is 57.5 Å². The number of carboxylic acid groups (broad SMARTS) is 1. The molecule has 0 saturated heterocycles. The predicted molar refractivity (Wildman–Crippen MR) is 47.7 cm³/mol. The summed E-state index contributed by atoms with van der Waals surface area (Å²) in [6.07, 6.45) is 2.67. The molecule has 2 bridgehead atoms. The molecular weight excluding hydrogens is 192 g/mol. The van der Waals surface area contributed by atoms with Crippen LogP contribution in [-0.2, 0) is 4.79 Å². The van der Waals surface area contributed by atoms with Gasteiger partial charge in [0.1, 0.15) is 0 Å². The molecule has 13 heavy (non-hydrogen) atoms. The Morgan fingerprint density at radius 1 is 1.54 bits per heavy atom. The first-order valence-electron chi connectivity index (χ1n) is 4.62. The number of aliphatic carboxylic acids is 1. The van der Waals surface area contributed by atoms with E-state index < -0.39 is 11.6 Å². The number of aliphatic hydroxyl groups is 1. The fourth-order valence-corrected chi connectivity index (χ4v) is 3.34. The highest BCUT2D eigenvalue weighted by Gasteiger charge is 2.57. The van der Waals surface area contributed by atoms with Crippen LogP contribution in [0.5, 0.6) is 0 Å². The second-order valence-corrected chi connectivity index (χ2v) is 4.70. The molecule has 0 aromatic carbocycles. The van der Waals surface area contributed by atoms with E-state index >= 15 is 0 Å². The Morgan fingerprint density at radius 2 is 2.23 bits per heavy atom. The van der Waals surface area contributed by atoms with Crippen LogP contribution in [-0.4, -0.2) is 27.2 Å². The van der Waals surface area contributed by atoms with E-state index in [-0.39, 0.29) is 17.7 Å². The van der Waals surface area contributed by atoms with Crippen LogP contribution in [0.15, 0.2) is 0 Å². The normalized spacial score (nSPS) is 48.3. The van der Waals surface area contributed by atoms with E-state index in [0.717, 1.165) is 19.3 Å². The number of alkyl halides is 1. The van der Waals surface area contributed by atoms with E-state index in [0.29, 0.717) is 5.92 Å². The van der Waals surface area contributed by atoms with Crippen LogP contribution in [0.1, 0.15) is 25.7 Å². The second-order valence-electron chi connectivity index (χ2n) is 4.23. The number of carboxylic acids is 1. The Balaban J connectivity index is 2.17. The highest BCUT2D eigenvalue weighted by molar-refractivity contribution is 6.22. The molecular formula is C9H13ClO3. The van der Waals surface area contributed by atoms with Crippen molar-refractivity contribution in [1.29, 1.82) is 0 Å². The monoisotopic (exact) mass is 204 g/mol. The van der Waals surface area contributed by atoms with Gasteiger partial charge >= 0.3 is 5.97 Å². The average molecular weight is 205 g/mol. The third kappa shape index (κ3) is 1.25. The van der Waals surface area contributed by atoms with Crippen LogP contribution in [0, 0.1) is 11.8 Å². The molecule has 2 aliphatic rings. The van der Waals surface area contributed by atoms with Gasteiger partial charge in [0.25, 0.3) is 0 Å². The molecule has 2 fully saturated rings. The maximum atomic E-state index is 10.6. The van der Waals surface area contributed by atoms with Gasteiger partial charge < -0.3 is 10.2 Å². The lowest BCUT2D eigenvalue weighted by molar-refractivity contribution is -0.144. The fourth-order valence-electron chi connectivity index (χ4n) is 2.85. The predicted octanol–water partition coefficient (Wildman–Crippen LogP) is 1.23. The van der Waals surface area contributed by atoms with E-state index in [2.05, 4.69) is 0 Å². The molecule has 0 radical (unpaired) electrons. The van der Waals surface area contributed by atoms with Crippen molar-refractivity contribution in [1.82, 2.24) is 0 Å². The molecule has 74 valence electrons. The zero-order valence-corrected chi connectivity index (χ0v) is 8.00. The Morgan fingerprint density at radius 3 is 2.69 bits per heavy atom. The van der Waals surface area contributed by atoms with E-state index in [4.69, 9.17) is 16.7 Å². The molecule has 4 heteroatoms. The molecule has 0 heterocycles. The summed E-state index contributed by atoms with van der Waals surface area (Å²) in [5.74, 6) is -0.521. The van der Waals surface area contributed by atoms with Crippen LogP contribution >= 0.6 is 11.6 Å². The summed E-state index contributed by atoms with van der Waals surface area (Å²) in [7, 11) is 0. The number of fused-ring (bicyclic) bond motifs is 2. The van der Waals surface area contributed by atoms with Crippen LogP contribution in [0.2, 0.25) is 0 Å². The largest absolute Gasteiger partial charge is 0.481 e. The molecule has 0 aromatic heterocycles. The van der Waals surface area contributed by atoms with E-state index in [1.807, 2.05) is 0 Å². The molecule has 2 unspecified atom stereocenters. The van der Waals surface area contributed by atoms with Crippen molar-refractivity contribution in [3.8, 4) is 0 Å². The van der Waals surface area contributed by atoms with Crippen LogP contribution in [0.25, 0.3) is 0 Å². The maximum Gasteiger partial charge on any atom is 0.306 e. The minimum absolute atomic E-state index is 0.107. The molecule has 2 N–H and O–H groups in total. The summed E-state index contributed by atoms with van der Waals surface area (Å²) in [5.41, 5.74) is -1.14.